The van der Waals surface area contributed by atoms with Gasteiger partial charge in [0, 0.05) is 17.3 Å². The maximum atomic E-state index is 12.5. The number of aromatic hydroxyl groups is 1. The monoisotopic (exact) mass is 377 g/mol. The Hall–Kier alpha value is -2.73. The summed E-state index contributed by atoms with van der Waals surface area (Å²) in [5.74, 6) is 0.0965. The summed E-state index contributed by atoms with van der Waals surface area (Å²) in [6.07, 6.45) is 0.402. The van der Waals surface area contributed by atoms with Crippen LogP contribution < -0.4 is 14.8 Å². The summed E-state index contributed by atoms with van der Waals surface area (Å²) in [6.45, 7) is 5.94. The zero-order valence-electron chi connectivity index (χ0n) is 14.7. The smallest absolute Gasteiger partial charge is 0.255 e. The van der Waals surface area contributed by atoms with E-state index in [0.717, 1.165) is 0 Å². The third kappa shape index (κ3) is 4.67. The Morgan fingerprint density at radius 1 is 1.31 bits per heavy atom. The molecule has 0 spiro atoms. The van der Waals surface area contributed by atoms with Crippen molar-refractivity contribution in [1.29, 1.82) is 0 Å². The average molecular weight is 378 g/mol. The van der Waals surface area contributed by atoms with Gasteiger partial charge in [-0.2, -0.15) is 0 Å². The molecule has 2 rings (SSSR count). The normalized spacial score (nSPS) is 10.5. The van der Waals surface area contributed by atoms with E-state index in [1.807, 2.05) is 20.8 Å². The molecule has 1 amide bonds. The second-order valence-electron chi connectivity index (χ2n) is 5.73. The summed E-state index contributed by atoms with van der Waals surface area (Å²) in [5.41, 5.74) is 0.752. The number of hydrogen-bond acceptors (Lipinski definition) is 5. The van der Waals surface area contributed by atoms with Crippen molar-refractivity contribution in [2.75, 3.05) is 11.9 Å². The third-order valence-electron chi connectivity index (χ3n) is 3.34. The maximum absolute atomic E-state index is 12.5. The molecule has 0 saturated heterocycles. The van der Waals surface area contributed by atoms with Crippen molar-refractivity contribution in [2.45, 2.75) is 26.9 Å². The van der Waals surface area contributed by atoms with Crippen LogP contribution in [0.1, 0.15) is 41.5 Å². The fourth-order valence-electron chi connectivity index (χ4n) is 2.25. The summed E-state index contributed by atoms with van der Waals surface area (Å²) in [5, 5.41) is 12.6. The van der Waals surface area contributed by atoms with Gasteiger partial charge in [0.1, 0.15) is 5.75 Å². The largest absolute Gasteiger partial charge is 0.507 e. The first-order chi connectivity index (χ1) is 12.3. The lowest BCUT2D eigenvalue weighted by atomic mass is 10.1. The number of halogens is 1. The third-order valence-corrected chi connectivity index (χ3v) is 3.62. The Morgan fingerprint density at radius 3 is 2.62 bits per heavy atom. The van der Waals surface area contributed by atoms with E-state index in [2.05, 4.69) is 5.32 Å². The van der Waals surface area contributed by atoms with Gasteiger partial charge in [0.2, 0.25) is 0 Å². The topological polar surface area (TPSA) is 84.9 Å². The van der Waals surface area contributed by atoms with Gasteiger partial charge in [0.05, 0.1) is 23.3 Å². The van der Waals surface area contributed by atoms with Crippen LogP contribution in [0.3, 0.4) is 0 Å². The van der Waals surface area contributed by atoms with E-state index >= 15 is 0 Å². The number of rotatable bonds is 7. The van der Waals surface area contributed by atoms with Crippen molar-refractivity contribution in [3.8, 4) is 17.2 Å². The molecule has 0 atom stereocenters. The molecule has 7 heteroatoms. The van der Waals surface area contributed by atoms with E-state index in [9.17, 15) is 14.7 Å². The number of anilines is 1. The Labute approximate surface area is 156 Å². The molecular formula is C19H20ClNO5. The summed E-state index contributed by atoms with van der Waals surface area (Å²) in [7, 11) is 0. The van der Waals surface area contributed by atoms with Crippen LogP contribution in [0, 0.1) is 0 Å². The van der Waals surface area contributed by atoms with Crippen molar-refractivity contribution < 1.29 is 24.2 Å². The number of aldehydes is 1. The van der Waals surface area contributed by atoms with Gasteiger partial charge in [-0.05, 0) is 45.0 Å². The second-order valence-corrected chi connectivity index (χ2v) is 6.14. The van der Waals surface area contributed by atoms with Crippen LogP contribution in [0.15, 0.2) is 30.3 Å². The summed E-state index contributed by atoms with van der Waals surface area (Å²) in [6, 6.07) is 7.25. The number of nitrogens with one attached hydrogen (secondary N) is 1. The van der Waals surface area contributed by atoms with Gasteiger partial charge in [-0.3, -0.25) is 9.59 Å². The highest BCUT2D eigenvalue weighted by Crippen LogP contribution is 2.37. The molecule has 0 unspecified atom stereocenters. The number of carbonyl (C=O) groups is 2. The highest BCUT2D eigenvalue weighted by atomic mass is 35.5. The van der Waals surface area contributed by atoms with Gasteiger partial charge < -0.3 is 19.9 Å². The number of carbonyl (C=O) groups excluding carboxylic acids is 2. The molecule has 138 valence electrons. The second kappa shape index (κ2) is 8.58. The molecule has 2 aromatic carbocycles. The predicted molar refractivity (Wildman–Crippen MR) is 99.8 cm³/mol. The zero-order valence-corrected chi connectivity index (χ0v) is 15.5. The average Bonchev–Trinajstić information content (AvgIpc) is 2.57. The van der Waals surface area contributed by atoms with Crippen molar-refractivity contribution >= 4 is 29.5 Å². The van der Waals surface area contributed by atoms with Crippen molar-refractivity contribution in [2.24, 2.45) is 0 Å². The first-order valence-corrected chi connectivity index (χ1v) is 8.46. The van der Waals surface area contributed by atoms with Crippen molar-refractivity contribution in [3.05, 3.63) is 46.5 Å². The first-order valence-electron chi connectivity index (χ1n) is 8.08. The van der Waals surface area contributed by atoms with Crippen LogP contribution in [0.4, 0.5) is 5.69 Å². The summed E-state index contributed by atoms with van der Waals surface area (Å²) in [4.78, 5) is 23.3. The van der Waals surface area contributed by atoms with Crippen LogP contribution in [0.2, 0.25) is 5.02 Å². The molecule has 0 bridgehead atoms. The number of benzene rings is 2. The van der Waals surface area contributed by atoms with Crippen LogP contribution in [0.25, 0.3) is 0 Å². The Morgan fingerprint density at radius 2 is 2.04 bits per heavy atom. The molecule has 0 heterocycles. The van der Waals surface area contributed by atoms with Crippen LogP contribution in [-0.4, -0.2) is 30.0 Å². The van der Waals surface area contributed by atoms with Gasteiger partial charge in [0.25, 0.3) is 5.91 Å². The molecule has 0 aromatic heterocycles. The number of hydrogen-bond donors (Lipinski definition) is 2. The minimum atomic E-state index is -0.443. The molecule has 2 aromatic rings. The molecule has 0 aliphatic carbocycles. The summed E-state index contributed by atoms with van der Waals surface area (Å²) < 4.78 is 11.2. The standard InChI is InChI=1S/C19H20ClNO5/c1-4-25-18-15(20)7-13(8-17(18)26-11(2)3)19(24)21-14-6-5-12(10-22)16(23)9-14/h5-11,23H,4H2,1-3H3,(H,21,24). The van der Waals surface area contributed by atoms with E-state index < -0.39 is 5.91 Å². The molecule has 0 aliphatic heterocycles. The van der Waals surface area contributed by atoms with Crippen molar-refractivity contribution in [3.63, 3.8) is 0 Å². The molecule has 26 heavy (non-hydrogen) atoms. The molecule has 6 nitrogen and oxygen atoms in total. The van der Waals surface area contributed by atoms with Crippen LogP contribution >= 0.6 is 11.6 Å². The van der Waals surface area contributed by atoms with Gasteiger partial charge in [0.15, 0.2) is 17.8 Å². The Bertz CT molecular complexity index is 820. The maximum Gasteiger partial charge on any atom is 0.255 e. The highest BCUT2D eigenvalue weighted by Gasteiger charge is 2.17. The van der Waals surface area contributed by atoms with Gasteiger partial charge >= 0.3 is 0 Å². The lowest BCUT2D eigenvalue weighted by Crippen LogP contribution is -2.14. The predicted octanol–water partition coefficient (Wildman–Crippen LogP) is 4.30. The minimum Gasteiger partial charge on any atom is -0.507 e. The molecular weight excluding hydrogens is 358 g/mol. The van der Waals surface area contributed by atoms with E-state index in [-0.39, 0.29) is 28.0 Å². The Balaban J connectivity index is 2.31. The van der Waals surface area contributed by atoms with Crippen molar-refractivity contribution in [1.82, 2.24) is 0 Å². The van der Waals surface area contributed by atoms with E-state index in [4.69, 9.17) is 21.1 Å². The number of phenolic OH excluding ortho intramolecular Hbond substituents is 1. The zero-order chi connectivity index (χ0) is 19.3. The van der Waals surface area contributed by atoms with Gasteiger partial charge in [-0.1, -0.05) is 11.6 Å². The lowest BCUT2D eigenvalue weighted by molar-refractivity contribution is 0.102. The fraction of sp³-hybridized carbons (Fsp3) is 0.263. The van der Waals surface area contributed by atoms with Gasteiger partial charge in [-0.25, -0.2) is 0 Å². The van der Waals surface area contributed by atoms with Crippen LogP contribution in [-0.2, 0) is 0 Å². The fourth-order valence-corrected chi connectivity index (χ4v) is 2.51. The Kier molecular flexibility index (Phi) is 6.46. The van der Waals surface area contributed by atoms with Crippen LogP contribution in [0.5, 0.6) is 17.2 Å². The van der Waals surface area contributed by atoms with E-state index in [0.29, 0.717) is 30.1 Å². The molecule has 0 saturated carbocycles. The molecule has 0 aliphatic rings. The van der Waals surface area contributed by atoms with E-state index in [1.54, 1.807) is 6.07 Å². The lowest BCUT2D eigenvalue weighted by Gasteiger charge is -2.17. The SMILES string of the molecule is CCOc1c(Cl)cc(C(=O)Nc2ccc(C=O)c(O)c2)cc1OC(C)C. The van der Waals surface area contributed by atoms with Gasteiger partial charge in [-0.15, -0.1) is 0 Å². The molecule has 0 fully saturated rings. The minimum absolute atomic E-state index is 0.128. The number of ether oxygens (including phenoxy) is 2. The molecule has 2 N–H and O–H groups in total. The quantitative estimate of drug-likeness (QED) is 0.703. The molecule has 0 radical (unpaired) electrons. The van der Waals surface area contributed by atoms with E-state index in [1.165, 1.54) is 24.3 Å². The highest BCUT2D eigenvalue weighted by molar-refractivity contribution is 6.32. The number of amides is 1. The first kappa shape index (κ1) is 19.6. The summed E-state index contributed by atoms with van der Waals surface area (Å²) >= 11 is 6.24. The number of phenols is 1.